The average molecular weight is 234 g/mol. The average Bonchev–Trinajstić information content (AvgIpc) is 2.96. The molecule has 17 heavy (non-hydrogen) atoms. The van der Waals surface area contributed by atoms with E-state index in [0.29, 0.717) is 11.3 Å². The van der Waals surface area contributed by atoms with Gasteiger partial charge in [-0.2, -0.15) is 0 Å². The molecule has 0 radical (unpaired) electrons. The van der Waals surface area contributed by atoms with E-state index in [1.807, 2.05) is 12.1 Å². The first-order valence-electron chi connectivity index (χ1n) is 6.34. The minimum atomic E-state index is -0.146. The van der Waals surface area contributed by atoms with Gasteiger partial charge < -0.3 is 9.84 Å². The van der Waals surface area contributed by atoms with Crippen LogP contribution in [-0.4, -0.2) is 18.3 Å². The number of aryl methyl sites for hydroxylation is 1. The van der Waals surface area contributed by atoms with E-state index in [1.54, 1.807) is 7.11 Å². The Hall–Kier alpha value is -1.02. The first kappa shape index (κ1) is 12.4. The smallest absolute Gasteiger partial charge is 0.118 e. The maximum Gasteiger partial charge on any atom is 0.118 e. The van der Waals surface area contributed by atoms with Gasteiger partial charge >= 0.3 is 0 Å². The molecule has 0 amide bonds. The number of hydrogen-bond donors (Lipinski definition) is 1. The number of hydrogen-bond acceptors (Lipinski definition) is 2. The fourth-order valence-corrected chi connectivity index (χ4v) is 2.47. The summed E-state index contributed by atoms with van der Waals surface area (Å²) in [6, 6.07) is 8.10. The van der Waals surface area contributed by atoms with Gasteiger partial charge in [0.15, 0.2) is 0 Å². The Morgan fingerprint density at radius 1 is 1.35 bits per heavy atom. The number of ether oxygens (including phenoxy) is 1. The van der Waals surface area contributed by atoms with E-state index < -0.39 is 0 Å². The SMILES string of the molecule is COc1ccc(CCC(O)C2CC2(C)C)cc1. The molecule has 1 aliphatic carbocycles. The topological polar surface area (TPSA) is 29.5 Å². The molecule has 2 unspecified atom stereocenters. The van der Waals surface area contributed by atoms with Crippen LogP contribution >= 0.6 is 0 Å². The second-order valence-electron chi connectivity index (χ2n) is 5.75. The first-order valence-corrected chi connectivity index (χ1v) is 6.34. The Morgan fingerprint density at radius 2 is 1.94 bits per heavy atom. The molecule has 0 heterocycles. The molecule has 1 aromatic rings. The van der Waals surface area contributed by atoms with Crippen LogP contribution in [0.25, 0.3) is 0 Å². The van der Waals surface area contributed by atoms with Crippen molar-refractivity contribution in [1.29, 1.82) is 0 Å². The van der Waals surface area contributed by atoms with Crippen LogP contribution in [0.3, 0.4) is 0 Å². The second kappa shape index (κ2) is 4.69. The quantitative estimate of drug-likeness (QED) is 0.848. The molecule has 1 aliphatic rings. The third-order valence-electron chi connectivity index (χ3n) is 3.94. The zero-order valence-electron chi connectivity index (χ0n) is 10.9. The van der Waals surface area contributed by atoms with Crippen molar-refractivity contribution in [3.05, 3.63) is 29.8 Å². The van der Waals surface area contributed by atoms with Gasteiger partial charge in [-0.3, -0.25) is 0 Å². The molecule has 0 bridgehead atoms. The Balaban J connectivity index is 1.81. The minimum Gasteiger partial charge on any atom is -0.497 e. The third kappa shape index (κ3) is 3.01. The summed E-state index contributed by atoms with van der Waals surface area (Å²) >= 11 is 0. The van der Waals surface area contributed by atoms with Gasteiger partial charge in [-0.15, -0.1) is 0 Å². The van der Waals surface area contributed by atoms with E-state index in [-0.39, 0.29) is 6.10 Å². The van der Waals surface area contributed by atoms with E-state index >= 15 is 0 Å². The van der Waals surface area contributed by atoms with Crippen molar-refractivity contribution in [3.63, 3.8) is 0 Å². The van der Waals surface area contributed by atoms with Crippen molar-refractivity contribution in [2.45, 2.75) is 39.2 Å². The Bertz CT molecular complexity index is 367. The molecule has 0 spiro atoms. The fourth-order valence-electron chi connectivity index (χ4n) is 2.47. The molecule has 94 valence electrons. The number of aliphatic hydroxyl groups excluding tert-OH is 1. The van der Waals surface area contributed by atoms with E-state index in [4.69, 9.17) is 4.74 Å². The standard InChI is InChI=1S/C15H22O2/c1-15(2)10-13(15)14(16)9-6-11-4-7-12(17-3)8-5-11/h4-5,7-8,13-14,16H,6,9-10H2,1-3H3. The summed E-state index contributed by atoms with van der Waals surface area (Å²) in [4.78, 5) is 0. The normalized spacial score (nSPS) is 23.2. The number of benzene rings is 1. The van der Waals surface area contributed by atoms with Crippen molar-refractivity contribution in [3.8, 4) is 5.75 Å². The molecular formula is C15H22O2. The van der Waals surface area contributed by atoms with Crippen LogP contribution in [0.2, 0.25) is 0 Å². The highest BCUT2D eigenvalue weighted by Crippen LogP contribution is 2.54. The monoisotopic (exact) mass is 234 g/mol. The van der Waals surface area contributed by atoms with Gasteiger partial charge in [-0.05, 0) is 48.3 Å². The molecule has 1 N–H and O–H groups in total. The predicted octanol–water partition coefficient (Wildman–Crippen LogP) is 3.03. The van der Waals surface area contributed by atoms with Crippen LogP contribution < -0.4 is 4.74 Å². The van der Waals surface area contributed by atoms with Crippen LogP contribution in [0, 0.1) is 11.3 Å². The van der Waals surface area contributed by atoms with Crippen molar-refractivity contribution < 1.29 is 9.84 Å². The van der Waals surface area contributed by atoms with E-state index in [1.165, 1.54) is 5.56 Å². The molecule has 2 nitrogen and oxygen atoms in total. The van der Waals surface area contributed by atoms with Gasteiger partial charge in [0, 0.05) is 0 Å². The molecule has 0 aromatic heterocycles. The highest BCUT2D eigenvalue weighted by molar-refractivity contribution is 5.27. The molecule has 2 rings (SSSR count). The highest BCUT2D eigenvalue weighted by Gasteiger charge is 2.49. The Kier molecular flexibility index (Phi) is 3.43. The van der Waals surface area contributed by atoms with Gasteiger partial charge in [-0.1, -0.05) is 26.0 Å². The number of aliphatic hydroxyl groups is 1. The largest absolute Gasteiger partial charge is 0.497 e. The third-order valence-corrected chi connectivity index (χ3v) is 3.94. The van der Waals surface area contributed by atoms with Crippen LogP contribution in [0.4, 0.5) is 0 Å². The summed E-state index contributed by atoms with van der Waals surface area (Å²) in [6.45, 7) is 4.46. The molecule has 1 fully saturated rings. The Labute approximate surface area is 104 Å². The lowest BCUT2D eigenvalue weighted by atomic mass is 10.00. The lowest BCUT2D eigenvalue weighted by Gasteiger charge is -2.12. The van der Waals surface area contributed by atoms with Crippen molar-refractivity contribution >= 4 is 0 Å². The van der Waals surface area contributed by atoms with Crippen molar-refractivity contribution in [2.24, 2.45) is 11.3 Å². The summed E-state index contributed by atoms with van der Waals surface area (Å²) in [5.41, 5.74) is 1.63. The number of rotatable bonds is 5. The van der Waals surface area contributed by atoms with E-state index in [0.717, 1.165) is 25.0 Å². The van der Waals surface area contributed by atoms with Crippen LogP contribution in [0.1, 0.15) is 32.3 Å². The van der Waals surface area contributed by atoms with Crippen LogP contribution in [0.15, 0.2) is 24.3 Å². The molecule has 0 aliphatic heterocycles. The van der Waals surface area contributed by atoms with Gasteiger partial charge in [0.25, 0.3) is 0 Å². The molecule has 0 saturated heterocycles. The zero-order valence-corrected chi connectivity index (χ0v) is 10.9. The molecule has 2 heteroatoms. The maximum atomic E-state index is 10.1. The summed E-state index contributed by atoms with van der Waals surface area (Å²) in [6.07, 6.45) is 2.82. The zero-order chi connectivity index (χ0) is 12.5. The summed E-state index contributed by atoms with van der Waals surface area (Å²) in [5, 5.41) is 10.1. The first-order chi connectivity index (χ1) is 8.03. The summed E-state index contributed by atoms with van der Waals surface area (Å²) in [7, 11) is 1.67. The van der Waals surface area contributed by atoms with Gasteiger partial charge in [0.05, 0.1) is 13.2 Å². The minimum absolute atomic E-state index is 0.146. The maximum absolute atomic E-state index is 10.1. The number of methoxy groups -OCH3 is 1. The molecule has 1 saturated carbocycles. The summed E-state index contributed by atoms with van der Waals surface area (Å²) < 4.78 is 5.12. The van der Waals surface area contributed by atoms with Crippen LogP contribution in [-0.2, 0) is 6.42 Å². The van der Waals surface area contributed by atoms with Gasteiger partial charge in [0.2, 0.25) is 0 Å². The highest BCUT2D eigenvalue weighted by atomic mass is 16.5. The van der Waals surface area contributed by atoms with Gasteiger partial charge in [-0.25, -0.2) is 0 Å². The molecule has 1 aromatic carbocycles. The predicted molar refractivity (Wildman–Crippen MR) is 69.2 cm³/mol. The summed E-state index contributed by atoms with van der Waals surface area (Å²) in [5.74, 6) is 1.39. The Morgan fingerprint density at radius 3 is 2.41 bits per heavy atom. The molecule has 2 atom stereocenters. The fraction of sp³-hybridized carbons (Fsp3) is 0.600. The lowest BCUT2D eigenvalue weighted by Crippen LogP contribution is -2.14. The van der Waals surface area contributed by atoms with E-state index in [9.17, 15) is 5.11 Å². The lowest BCUT2D eigenvalue weighted by molar-refractivity contribution is 0.127. The van der Waals surface area contributed by atoms with Crippen LogP contribution in [0.5, 0.6) is 5.75 Å². The van der Waals surface area contributed by atoms with E-state index in [2.05, 4.69) is 26.0 Å². The van der Waals surface area contributed by atoms with Crippen molar-refractivity contribution in [1.82, 2.24) is 0 Å². The van der Waals surface area contributed by atoms with Gasteiger partial charge in [0.1, 0.15) is 5.75 Å². The second-order valence-corrected chi connectivity index (χ2v) is 5.75. The van der Waals surface area contributed by atoms with Crippen molar-refractivity contribution in [2.75, 3.05) is 7.11 Å². The molecular weight excluding hydrogens is 212 g/mol.